The van der Waals surface area contributed by atoms with Crippen molar-refractivity contribution in [2.45, 2.75) is 47.3 Å². The van der Waals surface area contributed by atoms with Crippen LogP contribution in [0.4, 0.5) is 4.39 Å². The highest BCUT2D eigenvalue weighted by Gasteiger charge is 2.24. The van der Waals surface area contributed by atoms with E-state index in [1.807, 2.05) is 6.92 Å². The molecule has 2 aromatic heterocycles. The monoisotopic (exact) mass is 385 g/mol. The maximum Gasteiger partial charge on any atom is 0.311 e. The van der Waals surface area contributed by atoms with Crippen molar-refractivity contribution in [1.29, 1.82) is 0 Å². The number of carbonyl (C=O) groups excluding carboxylic acids is 1. The number of esters is 1. The van der Waals surface area contributed by atoms with E-state index in [9.17, 15) is 14.0 Å². The van der Waals surface area contributed by atoms with E-state index in [0.29, 0.717) is 29.6 Å². The Labute approximate surface area is 162 Å². The van der Waals surface area contributed by atoms with Gasteiger partial charge in [0.1, 0.15) is 18.1 Å². The molecule has 3 aromatic rings. The Kier molecular flexibility index (Phi) is 5.36. The van der Waals surface area contributed by atoms with E-state index in [2.05, 4.69) is 9.97 Å². The van der Waals surface area contributed by atoms with Crippen LogP contribution < -0.4 is 5.56 Å². The van der Waals surface area contributed by atoms with Crippen LogP contribution in [-0.2, 0) is 29.1 Å². The van der Waals surface area contributed by atoms with Crippen molar-refractivity contribution in [2.75, 3.05) is 0 Å². The van der Waals surface area contributed by atoms with Gasteiger partial charge < -0.3 is 9.72 Å². The molecule has 2 heterocycles. The number of nitrogens with zero attached hydrogens (tertiary/aromatic N) is 2. The number of benzene rings is 1. The van der Waals surface area contributed by atoms with E-state index in [0.717, 1.165) is 11.3 Å². The molecule has 1 N–H and O–H groups in total. The maximum absolute atomic E-state index is 13.0. The van der Waals surface area contributed by atoms with Crippen molar-refractivity contribution in [3.05, 3.63) is 63.6 Å². The molecule has 0 aliphatic carbocycles. The van der Waals surface area contributed by atoms with Gasteiger partial charge in [-0.05, 0) is 51.8 Å². The summed E-state index contributed by atoms with van der Waals surface area (Å²) < 4.78 is 20.0. The van der Waals surface area contributed by atoms with Gasteiger partial charge in [0, 0.05) is 17.8 Å². The number of hydrogen-bond acceptors (Lipinski definition) is 4. The second-order valence-corrected chi connectivity index (χ2v) is 7.90. The summed E-state index contributed by atoms with van der Waals surface area (Å²) >= 11 is 0. The number of aryl methyl sites for hydroxylation is 3. The van der Waals surface area contributed by atoms with Gasteiger partial charge in [0.25, 0.3) is 5.56 Å². The van der Waals surface area contributed by atoms with Gasteiger partial charge in [-0.15, -0.1) is 0 Å². The molecule has 0 fully saturated rings. The zero-order valence-electron chi connectivity index (χ0n) is 16.5. The number of halogens is 1. The number of carbonyl (C=O) groups is 1. The molecule has 28 heavy (non-hydrogen) atoms. The van der Waals surface area contributed by atoms with Crippen LogP contribution in [0, 0.1) is 18.2 Å². The molecule has 0 saturated carbocycles. The molecule has 0 aliphatic rings. The lowest BCUT2D eigenvalue weighted by molar-refractivity contribution is -0.154. The molecule has 0 bridgehead atoms. The van der Waals surface area contributed by atoms with Crippen molar-refractivity contribution in [1.82, 2.24) is 14.5 Å². The Morgan fingerprint density at radius 1 is 1.25 bits per heavy atom. The highest BCUT2D eigenvalue weighted by Crippen LogP contribution is 2.21. The molecule has 6 nitrogen and oxygen atoms in total. The number of aromatic amines is 1. The number of aromatic nitrogens is 3. The number of fused-ring (bicyclic) bond motifs is 1. The molecule has 0 radical (unpaired) electrons. The first-order valence-corrected chi connectivity index (χ1v) is 9.15. The topological polar surface area (TPSA) is 77.0 Å². The van der Waals surface area contributed by atoms with Crippen LogP contribution in [0.3, 0.4) is 0 Å². The average Bonchev–Trinajstić information content (AvgIpc) is 2.95. The fourth-order valence-corrected chi connectivity index (χ4v) is 2.89. The third-order valence-electron chi connectivity index (χ3n) is 4.61. The summed E-state index contributed by atoms with van der Waals surface area (Å²) in [6, 6.07) is 6.20. The van der Waals surface area contributed by atoms with Crippen molar-refractivity contribution in [3.8, 4) is 0 Å². The molecule has 0 unspecified atom stereocenters. The number of hydrogen-bond donors (Lipinski definition) is 1. The van der Waals surface area contributed by atoms with Crippen molar-refractivity contribution in [3.63, 3.8) is 0 Å². The van der Waals surface area contributed by atoms with Crippen LogP contribution in [-0.4, -0.2) is 20.5 Å². The fourth-order valence-electron chi connectivity index (χ4n) is 2.89. The van der Waals surface area contributed by atoms with Crippen molar-refractivity contribution >= 4 is 17.0 Å². The van der Waals surface area contributed by atoms with Crippen LogP contribution in [0.1, 0.15) is 37.6 Å². The lowest BCUT2D eigenvalue weighted by Gasteiger charge is -2.16. The minimum Gasteiger partial charge on any atom is -0.460 e. The van der Waals surface area contributed by atoms with E-state index in [1.54, 1.807) is 32.9 Å². The smallest absolute Gasteiger partial charge is 0.311 e. The third-order valence-corrected chi connectivity index (χ3v) is 4.61. The largest absolute Gasteiger partial charge is 0.460 e. The van der Waals surface area contributed by atoms with Gasteiger partial charge in [0.2, 0.25) is 0 Å². The second kappa shape index (κ2) is 7.58. The van der Waals surface area contributed by atoms with Crippen molar-refractivity contribution in [2.24, 2.45) is 5.41 Å². The molecule has 0 spiro atoms. The zero-order valence-corrected chi connectivity index (χ0v) is 16.5. The number of rotatable bonds is 5. The lowest BCUT2D eigenvalue weighted by Crippen LogP contribution is -2.24. The molecular weight excluding hydrogens is 361 g/mol. The van der Waals surface area contributed by atoms with Crippen LogP contribution in [0.2, 0.25) is 0 Å². The maximum atomic E-state index is 13.0. The molecule has 3 rings (SSSR count). The summed E-state index contributed by atoms with van der Waals surface area (Å²) in [6.07, 6.45) is 2.07. The summed E-state index contributed by atoms with van der Waals surface area (Å²) in [5.41, 5.74) is 1.98. The second-order valence-electron chi connectivity index (χ2n) is 7.90. The molecule has 148 valence electrons. The van der Waals surface area contributed by atoms with Gasteiger partial charge in [-0.2, -0.15) is 0 Å². The highest BCUT2D eigenvalue weighted by atomic mass is 19.1. The van der Waals surface area contributed by atoms with Gasteiger partial charge in [0.05, 0.1) is 17.1 Å². The number of H-pyrrole nitrogens is 1. The normalized spacial score (nSPS) is 11.8. The third kappa shape index (κ3) is 4.13. The molecule has 1 aromatic carbocycles. The van der Waals surface area contributed by atoms with Crippen LogP contribution in [0.25, 0.3) is 11.0 Å². The summed E-state index contributed by atoms with van der Waals surface area (Å²) in [6.45, 7) is 7.59. The average molecular weight is 385 g/mol. The van der Waals surface area contributed by atoms with Gasteiger partial charge in [-0.3, -0.25) is 14.2 Å². The summed E-state index contributed by atoms with van der Waals surface area (Å²) in [5, 5.41) is 0.431. The van der Waals surface area contributed by atoms with E-state index in [-0.39, 0.29) is 24.0 Å². The van der Waals surface area contributed by atoms with Crippen LogP contribution in [0.15, 0.2) is 35.4 Å². The Morgan fingerprint density at radius 3 is 2.57 bits per heavy atom. The summed E-state index contributed by atoms with van der Waals surface area (Å²) in [7, 11) is 0. The first-order valence-electron chi connectivity index (χ1n) is 9.15. The molecular formula is C21H24FN3O3. The predicted molar refractivity (Wildman–Crippen MR) is 104 cm³/mol. The van der Waals surface area contributed by atoms with Crippen LogP contribution in [0.5, 0.6) is 0 Å². The zero-order chi connectivity index (χ0) is 20.5. The lowest BCUT2D eigenvalue weighted by atomic mass is 9.97. The summed E-state index contributed by atoms with van der Waals surface area (Å²) in [5.74, 6) is -0.622. The molecule has 7 heteroatoms. The highest BCUT2D eigenvalue weighted by molar-refractivity contribution is 5.81. The van der Waals surface area contributed by atoms with Crippen LogP contribution >= 0.6 is 0 Å². The van der Waals surface area contributed by atoms with Gasteiger partial charge in [0.15, 0.2) is 0 Å². The first-order chi connectivity index (χ1) is 13.2. The Morgan fingerprint density at radius 2 is 1.93 bits per heavy atom. The minimum absolute atomic E-state index is 0.0147. The van der Waals surface area contributed by atoms with Crippen molar-refractivity contribution < 1.29 is 13.9 Å². The van der Waals surface area contributed by atoms with Gasteiger partial charge >= 0.3 is 5.97 Å². The SMILES string of the molecule is Cc1[nH]c2ncn(CCc3ccc(F)cc3)c(=O)c2c1COC(=O)C(C)(C)C. The van der Waals surface area contributed by atoms with Gasteiger partial charge in [-0.25, -0.2) is 9.37 Å². The Hall–Kier alpha value is -2.96. The first kappa shape index (κ1) is 19.8. The molecule has 0 aliphatic heterocycles. The quantitative estimate of drug-likeness (QED) is 0.682. The van der Waals surface area contributed by atoms with E-state index >= 15 is 0 Å². The van der Waals surface area contributed by atoms with E-state index in [4.69, 9.17) is 4.74 Å². The standard InChI is InChI=1S/C21H24FN3O3/c1-13-16(11-28-20(27)21(2,3)4)17-18(24-13)23-12-25(19(17)26)10-9-14-5-7-15(22)8-6-14/h5-8,12,24H,9-11H2,1-4H3. The number of ether oxygens (including phenoxy) is 1. The number of nitrogens with one attached hydrogen (secondary N) is 1. The molecule has 0 amide bonds. The predicted octanol–water partition coefficient (Wildman–Crippen LogP) is 3.50. The van der Waals surface area contributed by atoms with E-state index in [1.165, 1.54) is 23.0 Å². The fraction of sp³-hybridized carbons (Fsp3) is 0.381. The summed E-state index contributed by atoms with van der Waals surface area (Å²) in [4.78, 5) is 32.5. The Balaban J connectivity index is 1.86. The van der Waals surface area contributed by atoms with E-state index < -0.39 is 5.41 Å². The molecule has 0 atom stereocenters. The minimum atomic E-state index is -0.617. The Bertz CT molecular complexity index is 1060. The van der Waals surface area contributed by atoms with Gasteiger partial charge in [-0.1, -0.05) is 12.1 Å². The molecule has 0 saturated heterocycles.